The van der Waals surface area contributed by atoms with Crippen LogP contribution < -0.4 is 5.32 Å². The predicted octanol–water partition coefficient (Wildman–Crippen LogP) is 3.51. The van der Waals surface area contributed by atoms with Crippen molar-refractivity contribution in [1.82, 2.24) is 15.5 Å². The minimum Gasteiger partial charge on any atom is -0.462 e. The molecule has 3 aromatic rings. The highest BCUT2D eigenvalue weighted by Crippen LogP contribution is 2.28. The van der Waals surface area contributed by atoms with E-state index < -0.39 is 0 Å². The summed E-state index contributed by atoms with van der Waals surface area (Å²) in [6.45, 7) is 2.04. The second kappa shape index (κ2) is 5.53. The van der Waals surface area contributed by atoms with E-state index in [1.165, 1.54) is 11.8 Å². The normalized spacial score (nSPS) is 17.2. The number of furan rings is 1. The van der Waals surface area contributed by atoms with Crippen LogP contribution in [0.2, 0.25) is 0 Å². The Balaban J connectivity index is 1.55. The zero-order valence-electron chi connectivity index (χ0n) is 12.6. The number of hydrogen-bond acceptors (Lipinski definition) is 3. The Morgan fingerprint density at radius 3 is 3.22 bits per heavy atom. The summed E-state index contributed by atoms with van der Waals surface area (Å²) in [5.74, 6) is -0.0949. The van der Waals surface area contributed by atoms with Gasteiger partial charge in [-0.15, -0.1) is 0 Å². The Hall–Kier alpha value is -2.08. The maximum atomic E-state index is 12.6. The number of nitrogens with one attached hydrogen (secondary N) is 2. The number of rotatable bonds is 2. The van der Waals surface area contributed by atoms with Gasteiger partial charge in [0, 0.05) is 23.5 Å². The SMILES string of the molecule is Cc1[nH]nc2c1CCC(NC(=O)c1coc3c(Br)cccc13)C2. The van der Waals surface area contributed by atoms with Gasteiger partial charge in [0.25, 0.3) is 5.91 Å². The Kier molecular flexibility index (Phi) is 3.49. The largest absolute Gasteiger partial charge is 0.462 e. The molecule has 4 rings (SSSR count). The lowest BCUT2D eigenvalue weighted by molar-refractivity contribution is 0.0934. The van der Waals surface area contributed by atoms with Crippen molar-refractivity contribution in [3.63, 3.8) is 0 Å². The van der Waals surface area contributed by atoms with Crippen molar-refractivity contribution in [2.45, 2.75) is 32.2 Å². The van der Waals surface area contributed by atoms with Gasteiger partial charge in [0.1, 0.15) is 11.8 Å². The van der Waals surface area contributed by atoms with Crippen LogP contribution >= 0.6 is 15.9 Å². The molecular formula is C17H16BrN3O2. The van der Waals surface area contributed by atoms with E-state index in [9.17, 15) is 4.79 Å². The molecule has 0 fully saturated rings. The second-order valence-electron chi connectivity index (χ2n) is 5.95. The van der Waals surface area contributed by atoms with E-state index in [1.54, 1.807) is 0 Å². The first kappa shape index (κ1) is 14.5. The number of hydrogen-bond donors (Lipinski definition) is 2. The third-order valence-electron chi connectivity index (χ3n) is 4.47. The molecule has 2 heterocycles. The molecule has 0 aliphatic heterocycles. The van der Waals surface area contributed by atoms with Crippen molar-refractivity contribution in [2.24, 2.45) is 0 Å². The van der Waals surface area contributed by atoms with Crippen molar-refractivity contribution in [1.29, 1.82) is 0 Å². The molecule has 1 aliphatic carbocycles. The molecule has 118 valence electrons. The minimum absolute atomic E-state index is 0.0949. The highest BCUT2D eigenvalue weighted by Gasteiger charge is 2.25. The Morgan fingerprint density at radius 2 is 2.35 bits per heavy atom. The van der Waals surface area contributed by atoms with Gasteiger partial charge in [-0.25, -0.2) is 0 Å². The fraction of sp³-hybridized carbons (Fsp3) is 0.294. The first-order valence-electron chi connectivity index (χ1n) is 7.63. The van der Waals surface area contributed by atoms with E-state index >= 15 is 0 Å². The molecule has 23 heavy (non-hydrogen) atoms. The first-order chi connectivity index (χ1) is 11.1. The topological polar surface area (TPSA) is 70.9 Å². The lowest BCUT2D eigenvalue weighted by Crippen LogP contribution is -2.38. The van der Waals surface area contributed by atoms with E-state index in [2.05, 4.69) is 31.4 Å². The summed E-state index contributed by atoms with van der Waals surface area (Å²) in [4.78, 5) is 12.6. The third-order valence-corrected chi connectivity index (χ3v) is 5.10. The average Bonchev–Trinajstić information content (AvgIpc) is 3.12. The predicted molar refractivity (Wildman–Crippen MR) is 90.5 cm³/mol. The molecule has 1 atom stereocenters. The van der Waals surface area contributed by atoms with Gasteiger partial charge in [0.05, 0.1) is 15.7 Å². The van der Waals surface area contributed by atoms with Gasteiger partial charge in [0.2, 0.25) is 0 Å². The molecular weight excluding hydrogens is 358 g/mol. The number of halogens is 1. The molecule has 5 nitrogen and oxygen atoms in total. The van der Waals surface area contributed by atoms with Crippen molar-refractivity contribution in [2.75, 3.05) is 0 Å². The highest BCUT2D eigenvalue weighted by molar-refractivity contribution is 9.10. The van der Waals surface area contributed by atoms with E-state index in [0.29, 0.717) is 11.1 Å². The summed E-state index contributed by atoms with van der Waals surface area (Å²) >= 11 is 3.44. The van der Waals surface area contributed by atoms with Crippen molar-refractivity contribution >= 4 is 32.8 Å². The standard InChI is InChI=1S/C17H16BrN3O2/c1-9-11-6-5-10(7-15(11)21-20-9)19-17(22)13-8-23-16-12(13)3-2-4-14(16)18/h2-4,8,10H,5-7H2,1H3,(H,19,22)(H,20,21). The van der Waals surface area contributed by atoms with Gasteiger partial charge in [-0.05, 0) is 47.3 Å². The summed E-state index contributed by atoms with van der Waals surface area (Å²) in [6.07, 6.45) is 4.17. The molecule has 6 heteroatoms. The Bertz CT molecular complexity index is 897. The number of nitrogens with zero attached hydrogens (tertiary/aromatic N) is 1. The van der Waals surface area contributed by atoms with Gasteiger partial charge in [-0.2, -0.15) is 5.10 Å². The lowest BCUT2D eigenvalue weighted by Gasteiger charge is -2.22. The molecule has 0 spiro atoms. The minimum atomic E-state index is -0.0949. The molecule has 2 N–H and O–H groups in total. The van der Waals surface area contributed by atoms with E-state index in [-0.39, 0.29) is 11.9 Å². The quantitative estimate of drug-likeness (QED) is 0.721. The first-order valence-corrected chi connectivity index (χ1v) is 8.42. The monoisotopic (exact) mass is 373 g/mol. The second-order valence-corrected chi connectivity index (χ2v) is 6.81. The lowest BCUT2D eigenvalue weighted by atomic mass is 9.92. The van der Waals surface area contributed by atoms with Gasteiger partial charge < -0.3 is 9.73 Å². The summed E-state index contributed by atoms with van der Waals surface area (Å²) < 4.78 is 6.37. The van der Waals surface area contributed by atoms with Crippen molar-refractivity contribution < 1.29 is 9.21 Å². The number of benzene rings is 1. The molecule has 1 aromatic carbocycles. The van der Waals surface area contributed by atoms with Gasteiger partial charge >= 0.3 is 0 Å². The van der Waals surface area contributed by atoms with E-state index in [4.69, 9.17) is 4.42 Å². The van der Waals surface area contributed by atoms with Crippen LogP contribution in [0.15, 0.2) is 33.4 Å². The summed E-state index contributed by atoms with van der Waals surface area (Å²) in [6, 6.07) is 5.80. The van der Waals surface area contributed by atoms with Crippen LogP contribution in [0.5, 0.6) is 0 Å². The number of carbonyl (C=O) groups is 1. The smallest absolute Gasteiger partial charge is 0.255 e. The van der Waals surface area contributed by atoms with Gasteiger partial charge in [0.15, 0.2) is 0 Å². The van der Waals surface area contributed by atoms with Crippen LogP contribution in [0.1, 0.15) is 33.7 Å². The fourth-order valence-electron chi connectivity index (χ4n) is 3.24. The molecule has 1 aliphatic rings. The number of aromatic nitrogens is 2. The van der Waals surface area contributed by atoms with Gasteiger partial charge in [-0.3, -0.25) is 9.89 Å². The maximum absolute atomic E-state index is 12.6. The van der Waals surface area contributed by atoms with Crippen LogP contribution in [0, 0.1) is 6.92 Å². The Labute approximate surface area is 141 Å². The van der Waals surface area contributed by atoms with E-state index in [0.717, 1.165) is 40.5 Å². The van der Waals surface area contributed by atoms with Crippen LogP contribution in [-0.4, -0.2) is 22.1 Å². The number of amides is 1. The number of aromatic amines is 1. The van der Waals surface area contributed by atoms with Crippen LogP contribution in [-0.2, 0) is 12.8 Å². The molecule has 0 saturated heterocycles. The Morgan fingerprint density at radius 1 is 1.48 bits per heavy atom. The number of fused-ring (bicyclic) bond motifs is 2. The van der Waals surface area contributed by atoms with Crippen LogP contribution in [0.4, 0.5) is 0 Å². The van der Waals surface area contributed by atoms with Gasteiger partial charge in [-0.1, -0.05) is 12.1 Å². The van der Waals surface area contributed by atoms with E-state index in [1.807, 2.05) is 25.1 Å². The molecule has 0 radical (unpaired) electrons. The zero-order chi connectivity index (χ0) is 16.0. The molecule has 0 saturated carbocycles. The van der Waals surface area contributed by atoms with Crippen molar-refractivity contribution in [3.05, 3.63) is 51.4 Å². The van der Waals surface area contributed by atoms with Crippen molar-refractivity contribution in [3.8, 4) is 0 Å². The zero-order valence-corrected chi connectivity index (χ0v) is 14.2. The van der Waals surface area contributed by atoms with Crippen LogP contribution in [0.3, 0.4) is 0 Å². The number of carbonyl (C=O) groups excluding carboxylic acids is 1. The third kappa shape index (κ3) is 2.47. The molecule has 0 bridgehead atoms. The maximum Gasteiger partial charge on any atom is 0.255 e. The summed E-state index contributed by atoms with van der Waals surface area (Å²) in [5, 5.41) is 11.3. The van der Waals surface area contributed by atoms with Crippen LogP contribution in [0.25, 0.3) is 11.0 Å². The summed E-state index contributed by atoms with van der Waals surface area (Å²) in [5.41, 5.74) is 4.78. The number of aryl methyl sites for hydroxylation is 1. The highest BCUT2D eigenvalue weighted by atomic mass is 79.9. The molecule has 1 amide bonds. The number of H-pyrrole nitrogens is 1. The summed E-state index contributed by atoms with van der Waals surface area (Å²) in [7, 11) is 0. The average molecular weight is 374 g/mol. The fourth-order valence-corrected chi connectivity index (χ4v) is 3.70. The molecule has 1 unspecified atom stereocenters. The number of para-hydroxylation sites is 1. The molecule has 2 aromatic heterocycles.